The van der Waals surface area contributed by atoms with Crippen molar-refractivity contribution in [2.45, 2.75) is 20.3 Å². The molecule has 0 spiro atoms. The third-order valence-corrected chi connectivity index (χ3v) is 3.05. The third kappa shape index (κ3) is 2.30. The minimum Gasteiger partial charge on any atom is -0.369 e. The molecule has 1 heterocycles. The summed E-state index contributed by atoms with van der Waals surface area (Å²) in [6, 6.07) is 5.96. The van der Waals surface area contributed by atoms with Gasteiger partial charge >= 0.3 is 0 Å². The van der Waals surface area contributed by atoms with Crippen LogP contribution in [0.15, 0.2) is 18.2 Å². The number of nitrogens with two attached hydrogens (primary N) is 1. The highest BCUT2D eigenvalue weighted by atomic mass is 16.2. The van der Waals surface area contributed by atoms with E-state index in [0.29, 0.717) is 6.54 Å². The Balaban J connectivity index is 2.28. The number of anilines is 1. The summed E-state index contributed by atoms with van der Waals surface area (Å²) in [6.07, 6.45) is 0.225. The molecule has 1 aliphatic heterocycles. The Morgan fingerprint density at radius 2 is 1.88 bits per heavy atom. The van der Waals surface area contributed by atoms with E-state index in [0.717, 1.165) is 16.8 Å². The zero-order chi connectivity index (χ0) is 12.6. The number of nitrogens with zero attached hydrogens (tertiary/aromatic N) is 1. The lowest BCUT2D eigenvalue weighted by Crippen LogP contribution is -2.28. The molecule has 0 saturated carbocycles. The Hall–Kier alpha value is -1.84. The van der Waals surface area contributed by atoms with Gasteiger partial charge in [0.25, 0.3) is 0 Å². The van der Waals surface area contributed by atoms with Gasteiger partial charge in [0, 0.05) is 18.7 Å². The van der Waals surface area contributed by atoms with E-state index in [1.165, 1.54) is 0 Å². The molecule has 0 radical (unpaired) electrons. The quantitative estimate of drug-likeness (QED) is 0.831. The first kappa shape index (κ1) is 11.6. The second-order valence-corrected chi connectivity index (χ2v) is 4.65. The summed E-state index contributed by atoms with van der Waals surface area (Å²) >= 11 is 0. The van der Waals surface area contributed by atoms with Gasteiger partial charge in [0.15, 0.2) is 0 Å². The highest BCUT2D eigenvalue weighted by Gasteiger charge is 2.33. The predicted octanol–water partition coefficient (Wildman–Crippen LogP) is 1.14. The van der Waals surface area contributed by atoms with Gasteiger partial charge < -0.3 is 10.6 Å². The normalized spacial score (nSPS) is 19.8. The summed E-state index contributed by atoms with van der Waals surface area (Å²) < 4.78 is 0. The molecular weight excluding hydrogens is 216 g/mol. The molecule has 17 heavy (non-hydrogen) atoms. The number of rotatable bonds is 2. The van der Waals surface area contributed by atoms with E-state index in [-0.39, 0.29) is 18.2 Å². The minimum absolute atomic E-state index is 0.0289. The first-order valence-corrected chi connectivity index (χ1v) is 5.65. The number of carbonyl (C=O) groups excluding carboxylic acids is 2. The molecule has 0 aromatic heterocycles. The maximum Gasteiger partial charge on any atom is 0.227 e. The molecule has 4 nitrogen and oxygen atoms in total. The van der Waals surface area contributed by atoms with Crippen LogP contribution in [0.3, 0.4) is 0 Å². The lowest BCUT2D eigenvalue weighted by molar-refractivity contribution is -0.123. The van der Waals surface area contributed by atoms with Crippen molar-refractivity contribution >= 4 is 17.5 Å². The number of benzene rings is 1. The number of aryl methyl sites for hydroxylation is 2. The average molecular weight is 232 g/mol. The van der Waals surface area contributed by atoms with Crippen molar-refractivity contribution in [3.05, 3.63) is 29.3 Å². The summed E-state index contributed by atoms with van der Waals surface area (Å²) in [6.45, 7) is 4.38. The molecule has 1 aromatic carbocycles. The van der Waals surface area contributed by atoms with Crippen LogP contribution in [0, 0.1) is 19.8 Å². The summed E-state index contributed by atoms with van der Waals surface area (Å²) in [5.74, 6) is -0.785. The molecule has 1 atom stereocenters. The molecule has 1 aliphatic rings. The fourth-order valence-electron chi connectivity index (χ4n) is 2.25. The molecule has 2 rings (SSSR count). The zero-order valence-corrected chi connectivity index (χ0v) is 10.1. The monoisotopic (exact) mass is 232 g/mol. The Labute approximate surface area is 100 Å². The second-order valence-electron chi connectivity index (χ2n) is 4.65. The summed E-state index contributed by atoms with van der Waals surface area (Å²) in [7, 11) is 0. The van der Waals surface area contributed by atoms with E-state index in [1.807, 2.05) is 26.0 Å². The maximum absolute atomic E-state index is 11.8. The highest BCUT2D eigenvalue weighted by molar-refractivity contribution is 6.00. The molecule has 0 aliphatic carbocycles. The molecule has 1 saturated heterocycles. The summed E-state index contributed by atoms with van der Waals surface area (Å²) in [5.41, 5.74) is 8.31. The topological polar surface area (TPSA) is 63.4 Å². The highest BCUT2D eigenvalue weighted by Crippen LogP contribution is 2.26. The lowest BCUT2D eigenvalue weighted by Gasteiger charge is -2.17. The Morgan fingerprint density at radius 3 is 2.35 bits per heavy atom. The fraction of sp³-hybridized carbons (Fsp3) is 0.385. The van der Waals surface area contributed by atoms with Crippen LogP contribution in [0.1, 0.15) is 17.5 Å². The first-order valence-electron chi connectivity index (χ1n) is 5.65. The molecule has 2 N–H and O–H groups in total. The molecule has 0 unspecified atom stereocenters. The van der Waals surface area contributed by atoms with Gasteiger partial charge in [-0.1, -0.05) is 6.07 Å². The van der Waals surface area contributed by atoms with Crippen molar-refractivity contribution in [3.63, 3.8) is 0 Å². The van der Waals surface area contributed by atoms with Crippen molar-refractivity contribution in [1.29, 1.82) is 0 Å². The van der Waals surface area contributed by atoms with Crippen molar-refractivity contribution in [1.82, 2.24) is 0 Å². The first-order chi connectivity index (χ1) is 7.97. The Kier molecular flexibility index (Phi) is 2.88. The zero-order valence-electron chi connectivity index (χ0n) is 10.1. The predicted molar refractivity (Wildman–Crippen MR) is 65.6 cm³/mol. The van der Waals surface area contributed by atoms with Gasteiger partial charge in [0.1, 0.15) is 0 Å². The Bertz CT molecular complexity index is 462. The van der Waals surface area contributed by atoms with Gasteiger partial charge in [-0.05, 0) is 37.1 Å². The van der Waals surface area contributed by atoms with Crippen molar-refractivity contribution in [2.24, 2.45) is 11.7 Å². The van der Waals surface area contributed by atoms with Crippen molar-refractivity contribution < 1.29 is 9.59 Å². The minimum atomic E-state index is -0.398. The van der Waals surface area contributed by atoms with Crippen LogP contribution in [0.25, 0.3) is 0 Å². The molecule has 90 valence electrons. The molecule has 1 aromatic rings. The van der Waals surface area contributed by atoms with E-state index in [2.05, 4.69) is 6.07 Å². The number of amides is 2. The average Bonchev–Trinajstić information content (AvgIpc) is 2.59. The summed E-state index contributed by atoms with van der Waals surface area (Å²) in [4.78, 5) is 24.6. The third-order valence-electron chi connectivity index (χ3n) is 3.05. The van der Waals surface area contributed by atoms with Gasteiger partial charge in [0.05, 0.1) is 5.92 Å². The second kappa shape index (κ2) is 4.20. The van der Waals surface area contributed by atoms with E-state index in [1.54, 1.807) is 4.90 Å². The van der Waals surface area contributed by atoms with Gasteiger partial charge in [-0.25, -0.2) is 0 Å². The lowest BCUT2D eigenvalue weighted by atomic mass is 10.1. The standard InChI is InChI=1S/C13H16N2O2/c1-8-3-9(2)5-11(4-8)15-7-10(13(14)17)6-12(15)16/h3-5,10H,6-7H2,1-2H3,(H2,14,17)/t10-/m0/s1. The van der Waals surface area contributed by atoms with Crippen molar-refractivity contribution in [3.8, 4) is 0 Å². The molecule has 1 fully saturated rings. The smallest absolute Gasteiger partial charge is 0.227 e. The maximum atomic E-state index is 11.8. The van der Waals surface area contributed by atoms with Gasteiger partial charge in [-0.2, -0.15) is 0 Å². The molecule has 2 amide bonds. The van der Waals surface area contributed by atoms with E-state index in [9.17, 15) is 9.59 Å². The molecular formula is C13H16N2O2. The van der Waals surface area contributed by atoms with Crippen LogP contribution in [-0.2, 0) is 9.59 Å². The van der Waals surface area contributed by atoms with Crippen LogP contribution < -0.4 is 10.6 Å². The van der Waals surface area contributed by atoms with Crippen LogP contribution in [-0.4, -0.2) is 18.4 Å². The Morgan fingerprint density at radius 1 is 1.29 bits per heavy atom. The SMILES string of the molecule is Cc1cc(C)cc(N2C[C@@H](C(N)=O)CC2=O)c1. The largest absolute Gasteiger partial charge is 0.369 e. The van der Waals surface area contributed by atoms with Crippen molar-refractivity contribution in [2.75, 3.05) is 11.4 Å². The van der Waals surface area contributed by atoms with Gasteiger partial charge in [-0.3, -0.25) is 9.59 Å². The van der Waals surface area contributed by atoms with E-state index < -0.39 is 5.91 Å². The van der Waals surface area contributed by atoms with E-state index >= 15 is 0 Å². The van der Waals surface area contributed by atoms with Crippen LogP contribution in [0.5, 0.6) is 0 Å². The van der Waals surface area contributed by atoms with Gasteiger partial charge in [-0.15, -0.1) is 0 Å². The number of primary amides is 1. The number of carbonyl (C=O) groups is 2. The van der Waals surface area contributed by atoms with Crippen LogP contribution in [0.4, 0.5) is 5.69 Å². The van der Waals surface area contributed by atoms with Gasteiger partial charge in [0.2, 0.25) is 11.8 Å². The molecule has 4 heteroatoms. The van der Waals surface area contributed by atoms with Crippen LogP contribution in [0.2, 0.25) is 0 Å². The fourth-order valence-corrected chi connectivity index (χ4v) is 2.25. The number of hydrogen-bond acceptors (Lipinski definition) is 2. The summed E-state index contributed by atoms with van der Waals surface area (Å²) in [5, 5.41) is 0. The van der Waals surface area contributed by atoms with E-state index in [4.69, 9.17) is 5.73 Å². The number of hydrogen-bond donors (Lipinski definition) is 1. The van der Waals surface area contributed by atoms with Crippen LogP contribution >= 0.6 is 0 Å². The molecule has 0 bridgehead atoms.